The van der Waals surface area contributed by atoms with Gasteiger partial charge in [-0.15, -0.1) is 0 Å². The second-order valence-corrected chi connectivity index (χ2v) is 6.15. The van der Waals surface area contributed by atoms with Gasteiger partial charge < -0.3 is 14.7 Å². The van der Waals surface area contributed by atoms with E-state index in [1.54, 1.807) is 4.90 Å². The van der Waals surface area contributed by atoms with Gasteiger partial charge in [0.25, 0.3) is 0 Å². The van der Waals surface area contributed by atoms with E-state index in [4.69, 9.17) is 0 Å². The molecule has 1 aliphatic heterocycles. The van der Waals surface area contributed by atoms with Crippen molar-refractivity contribution < 1.29 is 4.79 Å². The topological polar surface area (TPSA) is 26.8 Å². The van der Waals surface area contributed by atoms with E-state index in [2.05, 4.69) is 53.4 Å². The summed E-state index contributed by atoms with van der Waals surface area (Å²) in [6, 6.07) is 19.1. The van der Waals surface area contributed by atoms with Crippen LogP contribution in [0.15, 0.2) is 54.6 Å². The molecule has 0 radical (unpaired) electrons. The summed E-state index contributed by atoms with van der Waals surface area (Å²) in [6.45, 7) is 6.03. The lowest BCUT2D eigenvalue weighted by Crippen LogP contribution is -2.52. The number of benzene rings is 2. The fourth-order valence-electron chi connectivity index (χ4n) is 3.13. The monoisotopic (exact) mass is 323 g/mol. The van der Waals surface area contributed by atoms with Gasteiger partial charge in [-0.1, -0.05) is 48.5 Å². The molecule has 0 spiro atoms. The molecule has 0 saturated carbocycles. The fourth-order valence-corrected chi connectivity index (χ4v) is 3.13. The first-order chi connectivity index (χ1) is 11.7. The highest BCUT2D eigenvalue weighted by molar-refractivity contribution is 5.79. The Morgan fingerprint density at radius 3 is 2.25 bits per heavy atom. The summed E-state index contributed by atoms with van der Waals surface area (Å²) in [5.74, 6) is 0. The molecule has 0 aliphatic carbocycles. The third-order valence-electron chi connectivity index (χ3n) is 4.68. The van der Waals surface area contributed by atoms with Crippen LogP contribution < -0.4 is 4.90 Å². The molecule has 2 aromatic rings. The molecule has 0 aromatic heterocycles. The number of urea groups is 1. The van der Waals surface area contributed by atoms with E-state index in [0.717, 1.165) is 32.7 Å². The summed E-state index contributed by atoms with van der Waals surface area (Å²) in [5, 5.41) is 0. The predicted octanol–water partition coefficient (Wildman–Crippen LogP) is 3.55. The van der Waals surface area contributed by atoms with E-state index in [1.165, 1.54) is 16.8 Å². The number of nitrogens with zero attached hydrogens (tertiary/aromatic N) is 3. The second-order valence-electron chi connectivity index (χ2n) is 6.15. The maximum atomic E-state index is 12.3. The van der Waals surface area contributed by atoms with E-state index in [0.29, 0.717) is 0 Å². The molecule has 4 nitrogen and oxygen atoms in total. The molecular weight excluding hydrogens is 298 g/mol. The third-order valence-corrected chi connectivity index (χ3v) is 4.68. The fraction of sp³-hybridized carbons (Fsp3) is 0.350. The minimum atomic E-state index is 0.133. The Kier molecular flexibility index (Phi) is 5.04. The number of para-hydroxylation sites is 1. The molecule has 1 heterocycles. The first-order valence-electron chi connectivity index (χ1n) is 8.60. The number of hydrogen-bond donors (Lipinski definition) is 0. The largest absolute Gasteiger partial charge is 0.367 e. The minimum Gasteiger partial charge on any atom is -0.367 e. The van der Waals surface area contributed by atoms with Crippen molar-refractivity contribution in [3.63, 3.8) is 0 Å². The molecule has 0 unspecified atom stereocenters. The maximum Gasteiger partial charge on any atom is 0.319 e. The first-order valence-corrected chi connectivity index (χ1v) is 8.60. The normalized spacial score (nSPS) is 14.6. The lowest BCUT2D eigenvalue weighted by Gasteiger charge is -2.38. The molecule has 126 valence electrons. The van der Waals surface area contributed by atoms with Crippen molar-refractivity contribution in [2.75, 3.05) is 44.7 Å². The van der Waals surface area contributed by atoms with Crippen LogP contribution in [0.2, 0.25) is 0 Å². The molecule has 24 heavy (non-hydrogen) atoms. The lowest BCUT2D eigenvalue weighted by molar-refractivity contribution is 0.162. The smallest absolute Gasteiger partial charge is 0.319 e. The number of rotatable bonds is 3. The zero-order chi connectivity index (χ0) is 16.9. The summed E-state index contributed by atoms with van der Waals surface area (Å²) in [6.07, 6.45) is 0. The molecule has 2 amide bonds. The quantitative estimate of drug-likeness (QED) is 0.864. The van der Waals surface area contributed by atoms with Gasteiger partial charge >= 0.3 is 6.03 Å². The van der Waals surface area contributed by atoms with Gasteiger partial charge in [-0.2, -0.15) is 0 Å². The number of carbonyl (C=O) groups is 1. The highest BCUT2D eigenvalue weighted by Gasteiger charge is 2.24. The van der Waals surface area contributed by atoms with Crippen LogP contribution >= 0.6 is 0 Å². The Bertz CT molecular complexity index is 678. The molecule has 3 rings (SSSR count). The van der Waals surface area contributed by atoms with Gasteiger partial charge in [0.05, 0.1) is 0 Å². The zero-order valence-electron chi connectivity index (χ0n) is 14.5. The van der Waals surface area contributed by atoms with Gasteiger partial charge in [-0.25, -0.2) is 4.79 Å². The van der Waals surface area contributed by atoms with Crippen LogP contribution in [0.1, 0.15) is 6.92 Å². The standard InChI is InChI=1S/C20H25N3O/c1-3-21(2)20(24)23-15-13-22(14-16-23)19-12-8-7-11-18(19)17-9-5-4-6-10-17/h4-12H,3,13-16H2,1-2H3. The lowest BCUT2D eigenvalue weighted by atomic mass is 10.0. The molecule has 1 fully saturated rings. The van der Waals surface area contributed by atoms with Gasteiger partial charge in [0.15, 0.2) is 0 Å². The van der Waals surface area contributed by atoms with Crippen LogP contribution in [0.4, 0.5) is 10.5 Å². The molecule has 0 bridgehead atoms. The number of carbonyl (C=O) groups excluding carboxylic acids is 1. The summed E-state index contributed by atoms with van der Waals surface area (Å²) < 4.78 is 0. The molecule has 1 saturated heterocycles. The van der Waals surface area contributed by atoms with E-state index < -0.39 is 0 Å². The zero-order valence-corrected chi connectivity index (χ0v) is 14.5. The maximum absolute atomic E-state index is 12.3. The summed E-state index contributed by atoms with van der Waals surface area (Å²) in [5.41, 5.74) is 3.74. The van der Waals surface area contributed by atoms with Crippen molar-refractivity contribution in [3.05, 3.63) is 54.6 Å². The number of anilines is 1. The Hall–Kier alpha value is -2.49. The summed E-state index contributed by atoms with van der Waals surface area (Å²) >= 11 is 0. The van der Waals surface area contributed by atoms with Gasteiger partial charge in [0.2, 0.25) is 0 Å². The number of amides is 2. The number of piperazine rings is 1. The average molecular weight is 323 g/mol. The Morgan fingerprint density at radius 2 is 1.58 bits per heavy atom. The van der Waals surface area contributed by atoms with Crippen molar-refractivity contribution in [1.82, 2.24) is 9.80 Å². The van der Waals surface area contributed by atoms with Gasteiger partial charge in [0, 0.05) is 51.0 Å². The SMILES string of the molecule is CCN(C)C(=O)N1CCN(c2ccccc2-c2ccccc2)CC1. The predicted molar refractivity (Wildman–Crippen MR) is 99.4 cm³/mol. The Balaban J connectivity index is 1.75. The molecule has 4 heteroatoms. The summed E-state index contributed by atoms with van der Waals surface area (Å²) in [7, 11) is 1.86. The minimum absolute atomic E-state index is 0.133. The second kappa shape index (κ2) is 7.39. The third kappa shape index (κ3) is 3.37. The summed E-state index contributed by atoms with van der Waals surface area (Å²) in [4.78, 5) is 18.4. The van der Waals surface area contributed by atoms with Gasteiger partial charge in [0.1, 0.15) is 0 Å². The molecule has 1 aliphatic rings. The van der Waals surface area contributed by atoms with Gasteiger partial charge in [-0.05, 0) is 18.6 Å². The van der Waals surface area contributed by atoms with E-state index in [1.807, 2.05) is 24.9 Å². The Morgan fingerprint density at radius 1 is 0.958 bits per heavy atom. The van der Waals surface area contributed by atoms with Crippen LogP contribution in [-0.2, 0) is 0 Å². The Labute approximate surface area is 144 Å². The average Bonchev–Trinajstić information content (AvgIpc) is 2.67. The molecule has 2 aromatic carbocycles. The number of hydrogen-bond acceptors (Lipinski definition) is 2. The highest BCUT2D eigenvalue weighted by Crippen LogP contribution is 2.31. The first kappa shape index (κ1) is 16.4. The van der Waals surface area contributed by atoms with Crippen LogP contribution in [0, 0.1) is 0 Å². The van der Waals surface area contributed by atoms with E-state index in [-0.39, 0.29) is 6.03 Å². The van der Waals surface area contributed by atoms with E-state index >= 15 is 0 Å². The van der Waals surface area contributed by atoms with Crippen LogP contribution in [0.3, 0.4) is 0 Å². The van der Waals surface area contributed by atoms with Crippen molar-refractivity contribution in [1.29, 1.82) is 0 Å². The van der Waals surface area contributed by atoms with E-state index in [9.17, 15) is 4.79 Å². The van der Waals surface area contributed by atoms with Crippen molar-refractivity contribution in [2.24, 2.45) is 0 Å². The molecular formula is C20H25N3O. The van der Waals surface area contributed by atoms with Crippen molar-refractivity contribution in [3.8, 4) is 11.1 Å². The van der Waals surface area contributed by atoms with Gasteiger partial charge in [-0.3, -0.25) is 0 Å². The van der Waals surface area contributed by atoms with Crippen LogP contribution in [-0.4, -0.2) is 55.6 Å². The highest BCUT2D eigenvalue weighted by atomic mass is 16.2. The molecule has 0 atom stereocenters. The van der Waals surface area contributed by atoms with Crippen molar-refractivity contribution in [2.45, 2.75) is 6.92 Å². The van der Waals surface area contributed by atoms with Crippen LogP contribution in [0.25, 0.3) is 11.1 Å². The van der Waals surface area contributed by atoms with Crippen molar-refractivity contribution >= 4 is 11.7 Å². The van der Waals surface area contributed by atoms with Crippen LogP contribution in [0.5, 0.6) is 0 Å². The molecule has 0 N–H and O–H groups in total.